The smallest absolute Gasteiger partial charge is 0.250 e. The van der Waals surface area contributed by atoms with Crippen LogP contribution >= 0.6 is 43.2 Å². The first-order valence-electron chi connectivity index (χ1n) is 7.78. The largest absolute Gasteiger partial charge is 0.495 e. The first-order chi connectivity index (χ1) is 12.4. The molecule has 4 nitrogen and oxygen atoms in total. The molecule has 0 radical (unpaired) electrons. The molecule has 0 atom stereocenters. The third-order valence-electron chi connectivity index (χ3n) is 3.83. The fourth-order valence-corrected chi connectivity index (χ4v) is 4.98. The number of ether oxygens (including phenoxy) is 1. The van der Waals surface area contributed by atoms with Gasteiger partial charge in [0, 0.05) is 16.1 Å². The van der Waals surface area contributed by atoms with Crippen molar-refractivity contribution >= 4 is 70.5 Å². The van der Waals surface area contributed by atoms with Crippen LogP contribution in [-0.2, 0) is 4.79 Å². The van der Waals surface area contributed by atoms with E-state index in [2.05, 4.69) is 48.2 Å². The van der Waals surface area contributed by atoms with Gasteiger partial charge in [0.05, 0.1) is 21.8 Å². The number of amides is 1. The first kappa shape index (κ1) is 19.1. The molecule has 0 aliphatic carbocycles. The fraction of sp³-hybridized carbons (Fsp3) is 0.158. The van der Waals surface area contributed by atoms with Crippen molar-refractivity contribution in [1.82, 2.24) is 4.98 Å². The molecule has 26 heavy (non-hydrogen) atoms. The van der Waals surface area contributed by atoms with Crippen molar-refractivity contribution in [3.8, 4) is 5.75 Å². The number of thiazole rings is 1. The van der Waals surface area contributed by atoms with Crippen LogP contribution in [0.1, 0.15) is 16.7 Å². The summed E-state index contributed by atoms with van der Waals surface area (Å²) in [5.41, 5.74) is 3.98. The van der Waals surface area contributed by atoms with Gasteiger partial charge in [-0.05, 0) is 59.1 Å². The second-order valence-corrected chi connectivity index (χ2v) is 8.50. The number of hydrogen-bond acceptors (Lipinski definition) is 4. The van der Waals surface area contributed by atoms with Crippen molar-refractivity contribution < 1.29 is 9.53 Å². The molecule has 0 saturated carbocycles. The van der Waals surface area contributed by atoms with E-state index in [0.29, 0.717) is 10.9 Å². The van der Waals surface area contributed by atoms with Gasteiger partial charge in [-0.1, -0.05) is 39.4 Å². The summed E-state index contributed by atoms with van der Waals surface area (Å²) in [6.45, 7) is 4.06. The van der Waals surface area contributed by atoms with E-state index >= 15 is 0 Å². The van der Waals surface area contributed by atoms with Crippen molar-refractivity contribution in [2.75, 3.05) is 12.4 Å². The molecule has 0 fully saturated rings. The normalized spacial score (nSPS) is 11.3. The number of halogens is 2. The van der Waals surface area contributed by atoms with Crippen LogP contribution in [0.25, 0.3) is 16.3 Å². The maximum Gasteiger partial charge on any atom is 0.250 e. The van der Waals surface area contributed by atoms with Crippen LogP contribution < -0.4 is 10.1 Å². The predicted molar refractivity (Wildman–Crippen MR) is 115 cm³/mol. The van der Waals surface area contributed by atoms with Crippen LogP contribution in [0, 0.1) is 13.8 Å². The molecule has 7 heteroatoms. The molecule has 0 saturated heterocycles. The van der Waals surface area contributed by atoms with E-state index in [1.165, 1.54) is 17.4 Å². The minimum atomic E-state index is -0.238. The number of rotatable bonds is 4. The van der Waals surface area contributed by atoms with E-state index in [-0.39, 0.29) is 5.91 Å². The number of carbonyl (C=O) groups is 1. The number of nitrogens with one attached hydrogen (secondary N) is 1. The highest BCUT2D eigenvalue weighted by Gasteiger charge is 2.11. The summed E-state index contributed by atoms with van der Waals surface area (Å²) in [4.78, 5) is 16.8. The molecule has 3 rings (SSSR count). The molecule has 0 spiro atoms. The average Bonchev–Trinajstić information content (AvgIpc) is 3.01. The zero-order chi connectivity index (χ0) is 18.8. The average molecular weight is 496 g/mol. The van der Waals surface area contributed by atoms with Gasteiger partial charge in [-0.2, -0.15) is 0 Å². The summed E-state index contributed by atoms with van der Waals surface area (Å²) < 4.78 is 8.19. The lowest BCUT2D eigenvalue weighted by molar-refractivity contribution is -0.111. The summed E-state index contributed by atoms with van der Waals surface area (Å²) in [6.07, 6.45) is 3.19. The Balaban J connectivity index is 1.83. The van der Waals surface area contributed by atoms with Gasteiger partial charge < -0.3 is 4.74 Å². The number of carbonyl (C=O) groups excluding carboxylic acids is 1. The Bertz CT molecular complexity index is 989. The van der Waals surface area contributed by atoms with Crippen LogP contribution in [0.2, 0.25) is 0 Å². The van der Waals surface area contributed by atoms with Gasteiger partial charge in [0.25, 0.3) is 0 Å². The third-order valence-corrected chi connectivity index (χ3v) is 5.98. The molecule has 2 aromatic carbocycles. The third kappa shape index (κ3) is 4.00. The molecule has 0 aliphatic rings. The number of anilines is 1. The van der Waals surface area contributed by atoms with Gasteiger partial charge in [0.1, 0.15) is 5.75 Å². The Morgan fingerprint density at radius 2 is 1.96 bits per heavy atom. The van der Waals surface area contributed by atoms with Crippen molar-refractivity contribution in [3.63, 3.8) is 0 Å². The number of nitrogens with zero attached hydrogens (tertiary/aromatic N) is 1. The molecule has 134 valence electrons. The molecule has 0 aliphatic heterocycles. The van der Waals surface area contributed by atoms with Gasteiger partial charge in [0.2, 0.25) is 5.91 Å². The van der Waals surface area contributed by atoms with Gasteiger partial charge in [-0.15, -0.1) is 0 Å². The highest BCUT2D eigenvalue weighted by Crippen LogP contribution is 2.34. The van der Waals surface area contributed by atoms with E-state index in [0.717, 1.165) is 35.9 Å². The summed E-state index contributed by atoms with van der Waals surface area (Å²) in [6, 6.07) is 7.89. The Morgan fingerprint density at radius 1 is 1.23 bits per heavy atom. The predicted octanol–water partition coefficient (Wildman–Crippen LogP) is 6.10. The standard InChI is InChI=1S/C19H16Br2N2O2S/c1-10-4-5-11(2)18-16(10)23-19(26-18)22-15(24)7-6-12-8-13(20)9-14(21)17(12)25-3/h4-9H,1-3H3,(H,22,23,24)/b7-6+. The molecular formula is C19H16Br2N2O2S. The second-order valence-electron chi connectivity index (χ2n) is 5.73. The van der Waals surface area contributed by atoms with Crippen molar-refractivity contribution in [2.24, 2.45) is 0 Å². The van der Waals surface area contributed by atoms with Crippen LogP contribution in [0.15, 0.2) is 39.3 Å². The van der Waals surface area contributed by atoms with Crippen molar-refractivity contribution in [3.05, 3.63) is 56.0 Å². The van der Waals surface area contributed by atoms with E-state index in [9.17, 15) is 4.79 Å². The van der Waals surface area contributed by atoms with Crippen molar-refractivity contribution in [2.45, 2.75) is 13.8 Å². The summed E-state index contributed by atoms with van der Waals surface area (Å²) >= 11 is 8.38. The monoisotopic (exact) mass is 494 g/mol. The number of aromatic nitrogens is 1. The minimum absolute atomic E-state index is 0.238. The molecule has 0 unspecified atom stereocenters. The highest BCUT2D eigenvalue weighted by atomic mass is 79.9. The molecular weight excluding hydrogens is 480 g/mol. The number of hydrogen-bond donors (Lipinski definition) is 1. The molecule has 1 amide bonds. The number of benzene rings is 2. The summed E-state index contributed by atoms with van der Waals surface area (Å²) in [5, 5.41) is 3.43. The maximum atomic E-state index is 12.3. The van der Waals surface area contributed by atoms with Gasteiger partial charge in [0.15, 0.2) is 5.13 Å². The molecule has 1 heterocycles. The van der Waals surface area contributed by atoms with E-state index in [4.69, 9.17) is 4.74 Å². The quantitative estimate of drug-likeness (QED) is 0.445. The SMILES string of the molecule is COc1c(Br)cc(Br)cc1/C=C/C(=O)Nc1nc2c(C)ccc(C)c2s1. The Morgan fingerprint density at radius 3 is 2.65 bits per heavy atom. The lowest BCUT2D eigenvalue weighted by Crippen LogP contribution is -2.07. The van der Waals surface area contributed by atoms with E-state index < -0.39 is 0 Å². The Labute approximate surface area is 172 Å². The van der Waals surface area contributed by atoms with Gasteiger partial charge >= 0.3 is 0 Å². The maximum absolute atomic E-state index is 12.3. The minimum Gasteiger partial charge on any atom is -0.495 e. The van der Waals surface area contributed by atoms with Crippen LogP contribution in [0.3, 0.4) is 0 Å². The van der Waals surface area contributed by atoms with Gasteiger partial charge in [-0.25, -0.2) is 4.98 Å². The highest BCUT2D eigenvalue weighted by molar-refractivity contribution is 9.11. The second kappa shape index (κ2) is 7.90. The zero-order valence-corrected chi connectivity index (χ0v) is 18.4. The summed E-state index contributed by atoms with van der Waals surface area (Å²) in [7, 11) is 1.59. The molecule has 1 aromatic heterocycles. The van der Waals surface area contributed by atoms with Crippen LogP contribution in [0.5, 0.6) is 5.75 Å². The first-order valence-corrected chi connectivity index (χ1v) is 10.2. The topological polar surface area (TPSA) is 51.2 Å². The zero-order valence-electron chi connectivity index (χ0n) is 14.4. The van der Waals surface area contributed by atoms with Crippen LogP contribution in [0.4, 0.5) is 5.13 Å². The lowest BCUT2D eigenvalue weighted by atomic mass is 10.1. The number of aryl methyl sites for hydroxylation is 2. The Hall–Kier alpha value is -1.70. The van der Waals surface area contributed by atoms with E-state index in [1.807, 2.05) is 32.0 Å². The molecule has 0 bridgehead atoms. The van der Waals surface area contributed by atoms with Crippen molar-refractivity contribution in [1.29, 1.82) is 0 Å². The molecule has 1 N–H and O–H groups in total. The summed E-state index contributed by atoms with van der Waals surface area (Å²) in [5.74, 6) is 0.431. The van der Waals surface area contributed by atoms with Gasteiger partial charge in [-0.3, -0.25) is 10.1 Å². The lowest BCUT2D eigenvalue weighted by Gasteiger charge is -2.08. The number of fused-ring (bicyclic) bond motifs is 1. The van der Waals surface area contributed by atoms with E-state index in [1.54, 1.807) is 13.2 Å². The number of methoxy groups -OCH3 is 1. The Kier molecular flexibility index (Phi) is 5.79. The van der Waals surface area contributed by atoms with Crippen LogP contribution in [-0.4, -0.2) is 18.0 Å². The molecule has 3 aromatic rings. The fourth-order valence-electron chi connectivity index (χ4n) is 2.54.